The first-order chi connectivity index (χ1) is 10.3. The van der Waals surface area contributed by atoms with E-state index in [-0.39, 0.29) is 0 Å². The van der Waals surface area contributed by atoms with E-state index in [1.807, 2.05) is 34.9 Å². The van der Waals surface area contributed by atoms with Crippen LogP contribution in [0.3, 0.4) is 0 Å². The Kier molecular flexibility index (Phi) is 3.45. The van der Waals surface area contributed by atoms with Gasteiger partial charge in [-0.25, -0.2) is 9.97 Å². The van der Waals surface area contributed by atoms with Crippen molar-refractivity contribution in [1.29, 1.82) is 0 Å². The van der Waals surface area contributed by atoms with E-state index in [1.54, 1.807) is 20.4 Å². The Morgan fingerprint density at radius 2 is 2.10 bits per heavy atom. The van der Waals surface area contributed by atoms with Gasteiger partial charge < -0.3 is 15.2 Å². The average molecular weight is 284 g/mol. The largest absolute Gasteiger partial charge is 0.497 e. The standard InChI is InChI=1S/C15H16N4O2/c1-20-10-4-5-11(13(8-10)21-2)14-12(9-16)19-7-3-6-17-15(19)18-14/h3-8H,9,16H2,1-2H3. The van der Waals surface area contributed by atoms with Crippen LogP contribution in [0.25, 0.3) is 17.0 Å². The van der Waals surface area contributed by atoms with Crippen molar-refractivity contribution in [2.24, 2.45) is 5.73 Å². The van der Waals surface area contributed by atoms with Crippen LogP contribution < -0.4 is 15.2 Å². The second-order valence-electron chi connectivity index (χ2n) is 4.47. The zero-order chi connectivity index (χ0) is 14.8. The number of ether oxygens (including phenoxy) is 2. The van der Waals surface area contributed by atoms with Crippen molar-refractivity contribution < 1.29 is 9.47 Å². The van der Waals surface area contributed by atoms with Crippen LogP contribution in [-0.2, 0) is 6.54 Å². The Morgan fingerprint density at radius 1 is 1.24 bits per heavy atom. The number of nitrogens with two attached hydrogens (primary N) is 1. The lowest BCUT2D eigenvalue weighted by Crippen LogP contribution is -2.03. The molecule has 6 nitrogen and oxygen atoms in total. The second-order valence-corrected chi connectivity index (χ2v) is 4.47. The van der Waals surface area contributed by atoms with E-state index in [9.17, 15) is 0 Å². The van der Waals surface area contributed by atoms with Crippen LogP contribution in [0.4, 0.5) is 0 Å². The fourth-order valence-electron chi connectivity index (χ4n) is 2.34. The van der Waals surface area contributed by atoms with Crippen LogP contribution in [-0.4, -0.2) is 28.6 Å². The lowest BCUT2D eigenvalue weighted by molar-refractivity contribution is 0.395. The topological polar surface area (TPSA) is 74.7 Å². The lowest BCUT2D eigenvalue weighted by atomic mass is 10.1. The predicted molar refractivity (Wildman–Crippen MR) is 79.4 cm³/mol. The molecule has 3 aromatic rings. The molecule has 108 valence electrons. The third-order valence-electron chi connectivity index (χ3n) is 3.36. The van der Waals surface area contributed by atoms with Gasteiger partial charge in [-0.05, 0) is 18.2 Å². The van der Waals surface area contributed by atoms with E-state index in [4.69, 9.17) is 15.2 Å². The minimum absolute atomic E-state index is 0.359. The zero-order valence-corrected chi connectivity index (χ0v) is 11.9. The molecule has 0 saturated carbocycles. The van der Waals surface area contributed by atoms with Gasteiger partial charge in [0.2, 0.25) is 5.78 Å². The molecule has 0 aliphatic heterocycles. The van der Waals surface area contributed by atoms with Gasteiger partial charge in [0.25, 0.3) is 0 Å². The zero-order valence-electron chi connectivity index (χ0n) is 11.9. The fourth-order valence-corrected chi connectivity index (χ4v) is 2.34. The molecule has 2 N–H and O–H groups in total. The predicted octanol–water partition coefficient (Wildman–Crippen LogP) is 1.87. The van der Waals surface area contributed by atoms with E-state index in [0.29, 0.717) is 18.1 Å². The van der Waals surface area contributed by atoms with Gasteiger partial charge >= 0.3 is 0 Å². The first kappa shape index (κ1) is 13.4. The van der Waals surface area contributed by atoms with Gasteiger partial charge in [0.15, 0.2) is 0 Å². The molecule has 1 aromatic carbocycles. The summed E-state index contributed by atoms with van der Waals surface area (Å²) in [5, 5.41) is 0. The molecule has 0 aliphatic carbocycles. The number of benzene rings is 1. The van der Waals surface area contributed by atoms with Gasteiger partial charge in [0, 0.05) is 30.6 Å². The molecule has 0 spiro atoms. The molecule has 0 fully saturated rings. The molecule has 0 amide bonds. The van der Waals surface area contributed by atoms with Crippen molar-refractivity contribution in [2.45, 2.75) is 6.54 Å². The van der Waals surface area contributed by atoms with Gasteiger partial charge in [0.05, 0.1) is 25.6 Å². The highest BCUT2D eigenvalue weighted by molar-refractivity contribution is 5.72. The third kappa shape index (κ3) is 2.19. The van der Waals surface area contributed by atoms with Crippen LogP contribution in [0, 0.1) is 0 Å². The number of hydrogen-bond acceptors (Lipinski definition) is 5. The van der Waals surface area contributed by atoms with E-state index >= 15 is 0 Å². The van der Waals surface area contributed by atoms with Crippen LogP contribution in [0.1, 0.15) is 5.69 Å². The number of hydrogen-bond donors (Lipinski definition) is 1. The molecule has 0 bridgehead atoms. The molecular weight excluding hydrogens is 268 g/mol. The van der Waals surface area contributed by atoms with E-state index in [1.165, 1.54) is 0 Å². The summed E-state index contributed by atoms with van der Waals surface area (Å²) in [5.74, 6) is 2.03. The SMILES string of the molecule is COc1ccc(-c2nc3ncccn3c2CN)c(OC)c1. The molecule has 0 atom stereocenters. The van der Waals surface area contributed by atoms with Gasteiger partial charge in [-0.3, -0.25) is 4.40 Å². The summed E-state index contributed by atoms with van der Waals surface area (Å²) in [4.78, 5) is 8.82. The Labute approximate surface area is 122 Å². The molecule has 21 heavy (non-hydrogen) atoms. The maximum Gasteiger partial charge on any atom is 0.234 e. The lowest BCUT2D eigenvalue weighted by Gasteiger charge is -2.10. The summed E-state index contributed by atoms with van der Waals surface area (Å²) in [6.45, 7) is 0.359. The van der Waals surface area contributed by atoms with Gasteiger partial charge in [-0.1, -0.05) is 0 Å². The molecule has 2 aromatic heterocycles. The Morgan fingerprint density at radius 3 is 2.81 bits per heavy atom. The molecular formula is C15H16N4O2. The highest BCUT2D eigenvalue weighted by Gasteiger charge is 2.17. The summed E-state index contributed by atoms with van der Waals surface area (Å²) in [5.41, 5.74) is 8.42. The quantitative estimate of drug-likeness (QED) is 0.791. The molecule has 0 radical (unpaired) electrons. The normalized spacial score (nSPS) is 10.8. The fraction of sp³-hybridized carbons (Fsp3) is 0.200. The van der Waals surface area contributed by atoms with Crippen LogP contribution >= 0.6 is 0 Å². The minimum Gasteiger partial charge on any atom is -0.497 e. The van der Waals surface area contributed by atoms with Crippen molar-refractivity contribution in [2.75, 3.05) is 14.2 Å². The summed E-state index contributed by atoms with van der Waals surface area (Å²) in [6.07, 6.45) is 3.61. The molecule has 0 aliphatic rings. The monoisotopic (exact) mass is 284 g/mol. The smallest absolute Gasteiger partial charge is 0.234 e. The molecule has 6 heteroatoms. The van der Waals surface area contributed by atoms with Gasteiger partial charge in [-0.2, -0.15) is 0 Å². The van der Waals surface area contributed by atoms with Crippen molar-refractivity contribution in [1.82, 2.24) is 14.4 Å². The van der Waals surface area contributed by atoms with Crippen LogP contribution in [0.15, 0.2) is 36.7 Å². The third-order valence-corrected chi connectivity index (χ3v) is 3.36. The maximum absolute atomic E-state index is 5.89. The van der Waals surface area contributed by atoms with E-state index in [0.717, 1.165) is 22.7 Å². The summed E-state index contributed by atoms with van der Waals surface area (Å²) >= 11 is 0. The summed E-state index contributed by atoms with van der Waals surface area (Å²) in [7, 11) is 3.24. The number of methoxy groups -OCH3 is 2. The van der Waals surface area contributed by atoms with Gasteiger partial charge in [-0.15, -0.1) is 0 Å². The number of rotatable bonds is 4. The summed E-state index contributed by atoms with van der Waals surface area (Å²) in [6, 6.07) is 7.46. The minimum atomic E-state index is 0.359. The van der Waals surface area contributed by atoms with Crippen molar-refractivity contribution >= 4 is 5.78 Å². The van der Waals surface area contributed by atoms with E-state index < -0.39 is 0 Å². The molecule has 0 unspecified atom stereocenters. The van der Waals surface area contributed by atoms with Crippen molar-refractivity contribution in [3.8, 4) is 22.8 Å². The van der Waals surface area contributed by atoms with Crippen molar-refractivity contribution in [3.63, 3.8) is 0 Å². The Hall–Kier alpha value is -2.60. The number of fused-ring (bicyclic) bond motifs is 1. The molecule has 0 saturated heterocycles. The summed E-state index contributed by atoms with van der Waals surface area (Å²) < 4.78 is 12.6. The van der Waals surface area contributed by atoms with Crippen molar-refractivity contribution in [3.05, 3.63) is 42.4 Å². The van der Waals surface area contributed by atoms with Gasteiger partial charge in [0.1, 0.15) is 11.5 Å². The number of nitrogens with zero attached hydrogens (tertiary/aromatic N) is 3. The highest BCUT2D eigenvalue weighted by atomic mass is 16.5. The second kappa shape index (κ2) is 5.41. The Balaban J connectivity index is 2.24. The maximum atomic E-state index is 5.89. The van der Waals surface area contributed by atoms with E-state index in [2.05, 4.69) is 9.97 Å². The number of aromatic nitrogens is 3. The first-order valence-electron chi connectivity index (χ1n) is 6.53. The average Bonchev–Trinajstić information content (AvgIpc) is 2.92. The van der Waals surface area contributed by atoms with Crippen LogP contribution in [0.2, 0.25) is 0 Å². The number of imidazole rings is 1. The first-order valence-corrected chi connectivity index (χ1v) is 6.53. The molecule has 3 rings (SSSR count). The van der Waals surface area contributed by atoms with Crippen LogP contribution in [0.5, 0.6) is 11.5 Å². The Bertz CT molecular complexity index is 782. The molecule has 2 heterocycles. The highest BCUT2D eigenvalue weighted by Crippen LogP contribution is 2.34.